The Hall–Kier alpha value is -0.100. The second kappa shape index (κ2) is 8.08. The molecule has 1 saturated heterocycles. The fourth-order valence-corrected chi connectivity index (χ4v) is 2.91. The van der Waals surface area contributed by atoms with Crippen molar-refractivity contribution in [3.8, 4) is 0 Å². The molecule has 0 bridgehead atoms. The third-order valence-corrected chi connectivity index (χ3v) is 4.20. The van der Waals surface area contributed by atoms with E-state index in [-0.39, 0.29) is 5.12 Å². The van der Waals surface area contributed by atoms with Crippen LogP contribution in [0.4, 0.5) is 0 Å². The number of rotatable bonds is 5. The molecule has 3 nitrogen and oxygen atoms in total. The molecule has 0 aromatic rings. The van der Waals surface area contributed by atoms with E-state index in [9.17, 15) is 4.79 Å². The molecule has 96 valence electrons. The van der Waals surface area contributed by atoms with Gasteiger partial charge in [0, 0.05) is 39.1 Å². The number of nitrogens with zero attached hydrogens (tertiary/aromatic N) is 2. The van der Waals surface area contributed by atoms with Crippen molar-refractivity contribution in [1.82, 2.24) is 9.80 Å². The average Bonchev–Trinajstić information content (AvgIpc) is 2.28. The van der Waals surface area contributed by atoms with Crippen LogP contribution in [0, 0.1) is 0 Å². The zero-order chi connectivity index (χ0) is 12.7. The molecule has 0 spiro atoms. The van der Waals surface area contributed by atoms with Crippen LogP contribution in [0.15, 0.2) is 22.5 Å². The first-order valence-corrected chi connectivity index (χ1v) is 7.32. The van der Waals surface area contributed by atoms with Crippen LogP contribution in [-0.4, -0.2) is 54.7 Å². The minimum atomic E-state index is 0.203. The molecule has 0 aliphatic carbocycles. The number of thioether (sulfide) groups is 1. The van der Waals surface area contributed by atoms with Crippen molar-refractivity contribution in [2.75, 3.05) is 39.8 Å². The summed E-state index contributed by atoms with van der Waals surface area (Å²) in [6.07, 6.45) is 4.07. The van der Waals surface area contributed by atoms with E-state index in [1.165, 1.54) is 11.8 Å². The molecule has 1 aliphatic rings. The lowest BCUT2D eigenvalue weighted by Gasteiger charge is -2.32. The summed E-state index contributed by atoms with van der Waals surface area (Å²) in [5, 5.41) is 0.203. The number of carbonyl (C=O) groups is 1. The van der Waals surface area contributed by atoms with Crippen LogP contribution in [-0.2, 0) is 4.79 Å². The molecule has 1 heterocycles. The van der Waals surface area contributed by atoms with Gasteiger partial charge in [0.05, 0.1) is 3.81 Å². The lowest BCUT2D eigenvalue weighted by molar-refractivity contribution is -0.111. The fourth-order valence-electron chi connectivity index (χ4n) is 1.61. The van der Waals surface area contributed by atoms with Gasteiger partial charge in [-0.15, -0.1) is 0 Å². The SMILES string of the molecule is C=C/C=C(/Br)SC(=O)CCN1CCN(C)CC1. The highest BCUT2D eigenvalue weighted by atomic mass is 79.9. The molecule has 0 atom stereocenters. The summed E-state index contributed by atoms with van der Waals surface area (Å²) < 4.78 is 0.830. The van der Waals surface area contributed by atoms with Gasteiger partial charge in [0.25, 0.3) is 0 Å². The Morgan fingerprint density at radius 2 is 2.06 bits per heavy atom. The summed E-state index contributed by atoms with van der Waals surface area (Å²) in [6.45, 7) is 8.79. The molecule has 0 unspecified atom stereocenters. The van der Waals surface area contributed by atoms with Gasteiger partial charge in [-0.1, -0.05) is 12.7 Å². The predicted molar refractivity (Wildman–Crippen MR) is 78.4 cm³/mol. The van der Waals surface area contributed by atoms with Crippen LogP contribution in [0.1, 0.15) is 6.42 Å². The van der Waals surface area contributed by atoms with Crippen LogP contribution in [0.5, 0.6) is 0 Å². The number of halogens is 1. The van der Waals surface area contributed by atoms with Crippen molar-refractivity contribution in [1.29, 1.82) is 0 Å². The number of hydrogen-bond donors (Lipinski definition) is 0. The summed E-state index contributed by atoms with van der Waals surface area (Å²) in [5.74, 6) is 0. The minimum absolute atomic E-state index is 0.203. The van der Waals surface area contributed by atoms with Crippen LogP contribution in [0.2, 0.25) is 0 Å². The third kappa shape index (κ3) is 6.41. The maximum absolute atomic E-state index is 11.7. The first-order chi connectivity index (χ1) is 8.11. The van der Waals surface area contributed by atoms with Crippen LogP contribution in [0.25, 0.3) is 0 Å². The Labute approximate surface area is 116 Å². The van der Waals surface area contributed by atoms with Crippen LogP contribution < -0.4 is 0 Å². The summed E-state index contributed by atoms with van der Waals surface area (Å²) in [7, 11) is 2.13. The van der Waals surface area contributed by atoms with Crippen molar-refractivity contribution >= 4 is 32.8 Å². The molecular formula is C12H19BrN2OS. The molecule has 1 fully saturated rings. The normalized spacial score (nSPS) is 19.3. The molecule has 0 radical (unpaired) electrons. The van der Waals surface area contributed by atoms with Crippen molar-refractivity contribution in [2.24, 2.45) is 0 Å². The van der Waals surface area contributed by atoms with E-state index in [1.54, 1.807) is 12.2 Å². The largest absolute Gasteiger partial charge is 0.304 e. The van der Waals surface area contributed by atoms with E-state index in [4.69, 9.17) is 0 Å². The van der Waals surface area contributed by atoms with E-state index in [0.717, 1.165) is 36.5 Å². The van der Waals surface area contributed by atoms with E-state index >= 15 is 0 Å². The average molecular weight is 319 g/mol. The third-order valence-electron chi connectivity index (χ3n) is 2.69. The molecule has 1 aliphatic heterocycles. The highest BCUT2D eigenvalue weighted by molar-refractivity contribution is 9.14. The highest BCUT2D eigenvalue weighted by Crippen LogP contribution is 2.24. The standard InChI is InChI=1S/C12H19BrN2OS/c1-3-4-11(13)17-12(16)5-6-15-9-7-14(2)8-10-15/h3-4H,1,5-10H2,2H3/b11-4-. The highest BCUT2D eigenvalue weighted by Gasteiger charge is 2.14. The van der Waals surface area contributed by atoms with Gasteiger partial charge in [0.2, 0.25) is 0 Å². The topological polar surface area (TPSA) is 23.6 Å². The Balaban J connectivity index is 2.19. The fraction of sp³-hybridized carbons (Fsp3) is 0.583. The van der Waals surface area contributed by atoms with Gasteiger partial charge in [-0.2, -0.15) is 0 Å². The van der Waals surface area contributed by atoms with Crippen molar-refractivity contribution in [2.45, 2.75) is 6.42 Å². The Kier molecular flexibility index (Phi) is 7.11. The summed E-state index contributed by atoms with van der Waals surface area (Å²) in [6, 6.07) is 0. The molecule has 0 N–H and O–H groups in total. The molecule has 5 heteroatoms. The lowest BCUT2D eigenvalue weighted by atomic mass is 10.3. The molecule has 17 heavy (non-hydrogen) atoms. The molecule has 0 aromatic heterocycles. The van der Waals surface area contributed by atoms with E-state index in [1.807, 2.05) is 0 Å². The summed E-state index contributed by atoms with van der Waals surface area (Å²) in [5.41, 5.74) is 0. The summed E-state index contributed by atoms with van der Waals surface area (Å²) in [4.78, 5) is 16.3. The maximum atomic E-state index is 11.7. The Bertz CT molecular complexity index is 299. The van der Waals surface area contributed by atoms with E-state index in [2.05, 4.69) is 39.4 Å². The van der Waals surface area contributed by atoms with Crippen molar-refractivity contribution in [3.05, 3.63) is 22.5 Å². The number of likely N-dealkylation sites (N-methyl/N-ethyl adjacent to an activating group) is 1. The summed E-state index contributed by atoms with van der Waals surface area (Å²) >= 11 is 4.57. The Morgan fingerprint density at radius 1 is 1.41 bits per heavy atom. The zero-order valence-electron chi connectivity index (χ0n) is 10.2. The number of hydrogen-bond acceptors (Lipinski definition) is 4. The van der Waals surface area contributed by atoms with Crippen LogP contribution >= 0.6 is 27.7 Å². The zero-order valence-corrected chi connectivity index (χ0v) is 12.6. The van der Waals surface area contributed by atoms with Crippen molar-refractivity contribution < 1.29 is 4.79 Å². The number of carbonyl (C=O) groups excluding carboxylic acids is 1. The van der Waals surface area contributed by atoms with Gasteiger partial charge in [-0.25, -0.2) is 0 Å². The quantitative estimate of drug-likeness (QED) is 0.726. The first kappa shape index (κ1) is 15.0. The lowest BCUT2D eigenvalue weighted by Crippen LogP contribution is -2.44. The van der Waals surface area contributed by atoms with Gasteiger partial charge in [0.15, 0.2) is 5.12 Å². The number of piperazine rings is 1. The maximum Gasteiger partial charge on any atom is 0.195 e. The van der Waals surface area contributed by atoms with E-state index < -0.39 is 0 Å². The monoisotopic (exact) mass is 318 g/mol. The van der Waals surface area contributed by atoms with Crippen molar-refractivity contribution in [3.63, 3.8) is 0 Å². The Morgan fingerprint density at radius 3 is 2.65 bits per heavy atom. The molecule has 0 aromatic carbocycles. The smallest absolute Gasteiger partial charge is 0.195 e. The van der Waals surface area contributed by atoms with Gasteiger partial charge in [0.1, 0.15) is 0 Å². The van der Waals surface area contributed by atoms with Gasteiger partial charge < -0.3 is 9.80 Å². The number of allylic oxidation sites excluding steroid dienone is 2. The van der Waals surface area contributed by atoms with Crippen LogP contribution in [0.3, 0.4) is 0 Å². The molecule has 0 amide bonds. The molecule has 0 saturated carbocycles. The minimum Gasteiger partial charge on any atom is -0.304 e. The second-order valence-electron chi connectivity index (χ2n) is 4.08. The molecular weight excluding hydrogens is 300 g/mol. The van der Waals surface area contributed by atoms with Gasteiger partial charge >= 0.3 is 0 Å². The molecule has 1 rings (SSSR count). The van der Waals surface area contributed by atoms with E-state index in [0.29, 0.717) is 6.42 Å². The van der Waals surface area contributed by atoms with Gasteiger partial charge in [-0.3, -0.25) is 4.79 Å². The first-order valence-electron chi connectivity index (χ1n) is 5.71. The van der Waals surface area contributed by atoms with Gasteiger partial charge in [-0.05, 0) is 40.8 Å². The second-order valence-corrected chi connectivity index (χ2v) is 6.55. The predicted octanol–water partition coefficient (Wildman–Crippen LogP) is 2.31.